The zero-order chi connectivity index (χ0) is 18.7. The van der Waals surface area contributed by atoms with Crippen molar-refractivity contribution in [2.24, 2.45) is 5.41 Å². The van der Waals surface area contributed by atoms with E-state index in [0.717, 1.165) is 0 Å². The van der Waals surface area contributed by atoms with Gasteiger partial charge in [0.05, 0.1) is 5.41 Å². The Kier molecular flexibility index (Phi) is 3.58. The van der Waals surface area contributed by atoms with Gasteiger partial charge >= 0.3 is 5.97 Å². The summed E-state index contributed by atoms with van der Waals surface area (Å²) in [6.07, 6.45) is -2.20. The van der Waals surface area contributed by atoms with Crippen LogP contribution in [0, 0.1) is 5.41 Å². The van der Waals surface area contributed by atoms with Gasteiger partial charge in [-0.15, -0.1) is 0 Å². The molecule has 0 saturated heterocycles. The third kappa shape index (κ3) is 2.17. The van der Waals surface area contributed by atoms with Gasteiger partial charge in [0.25, 0.3) is 0 Å². The van der Waals surface area contributed by atoms with Crippen LogP contribution in [0.2, 0.25) is 0 Å². The zero-order valence-electron chi connectivity index (χ0n) is 14.9. The lowest BCUT2D eigenvalue weighted by molar-refractivity contribution is -0.218. The van der Waals surface area contributed by atoms with Gasteiger partial charge in [-0.1, -0.05) is 48.5 Å². The predicted molar refractivity (Wildman–Crippen MR) is 93.2 cm³/mol. The molecule has 1 heterocycles. The molecule has 2 aromatic rings. The fourth-order valence-electron chi connectivity index (χ4n) is 3.57. The van der Waals surface area contributed by atoms with Crippen LogP contribution in [-0.4, -0.2) is 16.9 Å². The molecule has 1 aliphatic carbocycles. The summed E-state index contributed by atoms with van der Waals surface area (Å²) < 4.78 is 11.6. The molecule has 1 N–H and O–H groups in total. The first-order valence-electron chi connectivity index (χ1n) is 8.57. The molecule has 2 aliphatic rings. The largest absolute Gasteiger partial charge is 0.431 e. The third-order valence-corrected chi connectivity index (χ3v) is 4.96. The third-order valence-electron chi connectivity index (χ3n) is 4.96. The number of rotatable bonds is 1. The number of carbonyl (C=O) groups is 2. The summed E-state index contributed by atoms with van der Waals surface area (Å²) in [5, 5.41) is 11.0. The first-order valence-corrected chi connectivity index (χ1v) is 8.57. The van der Waals surface area contributed by atoms with E-state index >= 15 is 0 Å². The van der Waals surface area contributed by atoms with Gasteiger partial charge in [0, 0.05) is 16.7 Å². The normalized spacial score (nSPS) is 26.7. The number of ketones is 1. The Morgan fingerprint density at radius 3 is 2.35 bits per heavy atom. The van der Waals surface area contributed by atoms with Gasteiger partial charge in [-0.25, -0.2) is 0 Å². The summed E-state index contributed by atoms with van der Waals surface area (Å²) in [5.41, 5.74) is -0.211. The average Bonchev–Trinajstić information content (AvgIpc) is 3.05. The summed E-state index contributed by atoms with van der Waals surface area (Å²) in [5.74, 6) is -0.755. The number of benzene rings is 2. The van der Waals surface area contributed by atoms with E-state index in [0.29, 0.717) is 22.3 Å². The highest BCUT2D eigenvalue weighted by molar-refractivity contribution is 6.08. The maximum absolute atomic E-state index is 13.2. The summed E-state index contributed by atoms with van der Waals surface area (Å²) in [7, 11) is 0. The van der Waals surface area contributed by atoms with E-state index in [1.807, 2.05) is 0 Å². The molecule has 0 unspecified atom stereocenters. The number of fused-ring (bicyclic) bond motifs is 3. The molecule has 0 aromatic heterocycles. The highest BCUT2D eigenvalue weighted by Crippen LogP contribution is 2.56. The minimum absolute atomic E-state index is 0.317. The van der Waals surface area contributed by atoms with E-state index in [2.05, 4.69) is 0 Å². The van der Waals surface area contributed by atoms with Crippen LogP contribution in [0.1, 0.15) is 60.2 Å². The van der Waals surface area contributed by atoms with Crippen LogP contribution >= 0.6 is 0 Å². The molecule has 2 aromatic carbocycles. The summed E-state index contributed by atoms with van der Waals surface area (Å²) in [4.78, 5) is 25.6. The van der Waals surface area contributed by atoms with Crippen LogP contribution in [0.3, 0.4) is 0 Å². The highest BCUT2D eigenvalue weighted by Gasteiger charge is 2.61. The number of aliphatic hydroxyl groups is 1. The second kappa shape index (κ2) is 5.50. The van der Waals surface area contributed by atoms with Crippen molar-refractivity contribution < 1.29 is 24.2 Å². The number of carbonyl (C=O) groups excluding carboxylic acids is 2. The molecule has 1 spiro atoms. The van der Waals surface area contributed by atoms with Gasteiger partial charge < -0.3 is 14.6 Å². The first-order chi connectivity index (χ1) is 12.3. The highest BCUT2D eigenvalue weighted by atomic mass is 16.7. The molecule has 134 valence electrons. The van der Waals surface area contributed by atoms with Gasteiger partial charge in [-0.2, -0.15) is 0 Å². The van der Waals surface area contributed by atoms with Gasteiger partial charge in [0.1, 0.15) is 6.10 Å². The fourth-order valence-corrected chi connectivity index (χ4v) is 3.57. The van der Waals surface area contributed by atoms with Crippen molar-refractivity contribution in [3.8, 4) is 0 Å². The van der Waals surface area contributed by atoms with Crippen LogP contribution in [0.5, 0.6) is 0 Å². The smallest absolute Gasteiger partial charge is 0.313 e. The maximum Gasteiger partial charge on any atom is 0.313 e. The molecule has 0 fully saturated rings. The van der Waals surface area contributed by atoms with Crippen LogP contribution in [0.25, 0.3) is 0 Å². The SMILES string of the molecule is CC(C)(C)C(=O)O[C@H]1O[C@]2(C(=O)c3ccccc3[C@H]2O)c2ccccc21. The van der Waals surface area contributed by atoms with E-state index in [1.54, 1.807) is 69.3 Å². The number of hydrogen-bond donors (Lipinski definition) is 1. The first kappa shape index (κ1) is 16.9. The summed E-state index contributed by atoms with van der Waals surface area (Å²) >= 11 is 0. The molecule has 0 amide bonds. The quantitative estimate of drug-likeness (QED) is 0.796. The second-order valence-corrected chi connectivity index (χ2v) is 7.75. The Morgan fingerprint density at radius 1 is 1.08 bits per heavy atom. The van der Waals surface area contributed by atoms with Gasteiger partial charge in [-0.3, -0.25) is 9.59 Å². The lowest BCUT2D eigenvalue weighted by atomic mass is 9.87. The van der Waals surface area contributed by atoms with E-state index in [4.69, 9.17) is 9.47 Å². The lowest BCUT2D eigenvalue weighted by Gasteiger charge is -2.28. The van der Waals surface area contributed by atoms with Crippen molar-refractivity contribution in [1.29, 1.82) is 0 Å². The van der Waals surface area contributed by atoms with E-state index in [1.165, 1.54) is 0 Å². The summed E-state index contributed by atoms with van der Waals surface area (Å²) in [6.45, 7) is 5.24. The van der Waals surface area contributed by atoms with Gasteiger partial charge in [0.2, 0.25) is 12.1 Å². The second-order valence-electron chi connectivity index (χ2n) is 7.75. The van der Waals surface area contributed by atoms with Crippen molar-refractivity contribution >= 4 is 11.8 Å². The number of aliphatic hydroxyl groups excluding tert-OH is 1. The van der Waals surface area contributed by atoms with Crippen LogP contribution in [-0.2, 0) is 19.9 Å². The zero-order valence-corrected chi connectivity index (χ0v) is 14.9. The maximum atomic E-state index is 13.2. The molecule has 0 saturated carbocycles. The molecule has 0 radical (unpaired) electrons. The number of hydrogen-bond acceptors (Lipinski definition) is 5. The Morgan fingerprint density at radius 2 is 1.69 bits per heavy atom. The molecule has 4 rings (SSSR count). The minimum Gasteiger partial charge on any atom is -0.431 e. The molecule has 5 nitrogen and oxygen atoms in total. The predicted octanol–water partition coefficient (Wildman–Crippen LogP) is 3.43. The van der Waals surface area contributed by atoms with Crippen molar-refractivity contribution in [3.05, 3.63) is 70.8 Å². The Labute approximate surface area is 151 Å². The van der Waals surface area contributed by atoms with Crippen molar-refractivity contribution in [1.82, 2.24) is 0 Å². The fraction of sp³-hybridized carbons (Fsp3) is 0.333. The van der Waals surface area contributed by atoms with Gasteiger partial charge in [-0.05, 0) is 26.3 Å². The molecule has 0 bridgehead atoms. The van der Waals surface area contributed by atoms with Gasteiger partial charge in [0.15, 0.2) is 5.60 Å². The topological polar surface area (TPSA) is 72.8 Å². The molecular formula is C21H20O5. The van der Waals surface area contributed by atoms with Crippen molar-refractivity contribution in [2.75, 3.05) is 0 Å². The van der Waals surface area contributed by atoms with E-state index < -0.39 is 29.4 Å². The van der Waals surface area contributed by atoms with Crippen molar-refractivity contribution in [2.45, 2.75) is 38.8 Å². The number of Topliss-reactive ketones (excluding diaryl/α,β-unsaturated/α-hetero) is 1. The minimum atomic E-state index is -1.58. The molecular weight excluding hydrogens is 332 g/mol. The molecule has 26 heavy (non-hydrogen) atoms. The van der Waals surface area contributed by atoms with E-state index in [-0.39, 0.29) is 5.78 Å². The Bertz CT molecular complexity index is 911. The Balaban J connectivity index is 1.81. The number of ether oxygens (including phenoxy) is 2. The van der Waals surface area contributed by atoms with Crippen molar-refractivity contribution in [3.63, 3.8) is 0 Å². The van der Waals surface area contributed by atoms with Crippen LogP contribution < -0.4 is 0 Å². The van der Waals surface area contributed by atoms with Crippen LogP contribution in [0.4, 0.5) is 0 Å². The molecule has 5 heteroatoms. The standard InChI is InChI=1S/C21H20O5/c1-20(2,3)19(24)25-18-14-10-6-7-11-15(14)21(26-18)16(22)12-8-4-5-9-13(12)17(21)23/h4-11,16,18,22H,1-3H3/t16-,18+,21-/m1/s1. The molecule has 3 atom stereocenters. The average molecular weight is 352 g/mol. The lowest BCUT2D eigenvalue weighted by Crippen LogP contribution is -2.37. The Hall–Kier alpha value is -2.50. The monoisotopic (exact) mass is 352 g/mol. The van der Waals surface area contributed by atoms with Crippen LogP contribution in [0.15, 0.2) is 48.5 Å². The summed E-state index contributed by atoms with van der Waals surface area (Å²) in [6, 6.07) is 14.0. The van der Waals surface area contributed by atoms with E-state index in [9.17, 15) is 14.7 Å². The number of esters is 1. The molecule has 1 aliphatic heterocycles.